The van der Waals surface area contributed by atoms with Crippen LogP contribution in [0.1, 0.15) is 102 Å². The minimum absolute atomic E-state index is 0.160. The Bertz CT molecular complexity index is 1230. The van der Waals surface area contributed by atoms with Crippen LogP contribution in [0.4, 0.5) is 5.69 Å². The van der Waals surface area contributed by atoms with Crippen LogP contribution in [0.2, 0.25) is 0 Å². The molecule has 1 atom stereocenters. The van der Waals surface area contributed by atoms with Crippen molar-refractivity contribution < 1.29 is 19.2 Å². The Labute approximate surface area is 315 Å². The van der Waals surface area contributed by atoms with Crippen molar-refractivity contribution in [3.63, 3.8) is 0 Å². The number of nitrogens with zero attached hydrogens (tertiary/aromatic N) is 5. The van der Waals surface area contributed by atoms with Gasteiger partial charge in [0.05, 0.1) is 0 Å². The SMILES string of the molecule is C=C.C=C/C=C\C.CC.CCC.CN1CCC(CN2CCCCC2)CC1.O=CN1CCN(c2ccc3c(c2)CN(C2CCC(=O)NC2=O)C3=O)CC1. The average molecular weight is 723 g/mol. The molecule has 5 heterocycles. The Kier molecular flexibility index (Phi) is 24.0. The first kappa shape index (κ1) is 46.3. The Morgan fingerprint density at radius 3 is 2.02 bits per heavy atom. The van der Waals surface area contributed by atoms with E-state index in [9.17, 15) is 19.2 Å². The minimum atomic E-state index is -0.591. The molecule has 1 aromatic carbocycles. The molecule has 0 saturated carbocycles. The zero-order valence-corrected chi connectivity index (χ0v) is 33.4. The minimum Gasteiger partial charge on any atom is -0.368 e. The van der Waals surface area contributed by atoms with Crippen molar-refractivity contribution in [3.8, 4) is 0 Å². The van der Waals surface area contributed by atoms with Gasteiger partial charge in [-0.3, -0.25) is 24.5 Å². The largest absolute Gasteiger partial charge is 0.368 e. The summed E-state index contributed by atoms with van der Waals surface area (Å²) in [7, 11) is 2.25. The van der Waals surface area contributed by atoms with Gasteiger partial charge in [-0.05, 0) is 102 Å². The van der Waals surface area contributed by atoms with Gasteiger partial charge < -0.3 is 24.5 Å². The number of amides is 4. The van der Waals surface area contributed by atoms with Gasteiger partial charge in [0, 0.05) is 56.9 Å². The van der Waals surface area contributed by atoms with E-state index in [1.165, 1.54) is 71.2 Å². The third-order valence-electron chi connectivity index (χ3n) is 9.47. The summed E-state index contributed by atoms with van der Waals surface area (Å²) in [6.45, 7) is 29.7. The predicted molar refractivity (Wildman–Crippen MR) is 216 cm³/mol. The summed E-state index contributed by atoms with van der Waals surface area (Å²) < 4.78 is 0. The summed E-state index contributed by atoms with van der Waals surface area (Å²) in [5.41, 5.74) is 2.53. The van der Waals surface area contributed by atoms with Crippen molar-refractivity contribution in [2.45, 2.75) is 98.6 Å². The zero-order chi connectivity index (χ0) is 38.9. The highest BCUT2D eigenvalue weighted by atomic mass is 16.2. The van der Waals surface area contributed by atoms with Crippen molar-refractivity contribution in [2.24, 2.45) is 5.92 Å². The molecular formula is C42H70N6O4. The van der Waals surface area contributed by atoms with Crippen LogP contribution in [0.15, 0.2) is 56.2 Å². The van der Waals surface area contributed by atoms with Gasteiger partial charge in [0.1, 0.15) is 6.04 Å². The van der Waals surface area contributed by atoms with Gasteiger partial charge in [0.15, 0.2) is 0 Å². The molecular weight excluding hydrogens is 653 g/mol. The molecule has 0 aliphatic carbocycles. The molecule has 10 heteroatoms. The fraction of sp³-hybridized carbons (Fsp3) is 0.619. The summed E-state index contributed by atoms with van der Waals surface area (Å²) >= 11 is 0. The first-order valence-corrected chi connectivity index (χ1v) is 19.6. The van der Waals surface area contributed by atoms with E-state index in [1.807, 2.05) is 51.1 Å². The number of rotatable bonds is 6. The number of anilines is 1. The lowest BCUT2D eigenvalue weighted by atomic mass is 9.96. The molecule has 0 bridgehead atoms. The van der Waals surface area contributed by atoms with Gasteiger partial charge in [0.25, 0.3) is 5.91 Å². The molecule has 292 valence electrons. The molecule has 1 N–H and O–H groups in total. The normalized spacial score (nSPS) is 20.5. The van der Waals surface area contributed by atoms with E-state index in [4.69, 9.17) is 0 Å². The Hall–Kier alpha value is -3.76. The molecule has 4 saturated heterocycles. The number of benzene rings is 1. The number of fused-ring (bicyclic) bond motifs is 1. The Morgan fingerprint density at radius 1 is 0.885 bits per heavy atom. The number of nitrogens with one attached hydrogen (secondary N) is 1. The van der Waals surface area contributed by atoms with Crippen molar-refractivity contribution in [1.29, 1.82) is 0 Å². The maximum Gasteiger partial charge on any atom is 0.255 e. The molecule has 0 radical (unpaired) electrons. The molecule has 4 fully saturated rings. The maximum atomic E-state index is 12.7. The third kappa shape index (κ3) is 15.5. The molecule has 6 rings (SSSR count). The van der Waals surface area contributed by atoms with Crippen LogP contribution in [0.5, 0.6) is 0 Å². The standard InChI is InChI=1S/C18H20N4O4.C12H24N2.C5H8.C3H8.C2H6.C2H4/c23-11-20-5-7-21(8-6-20)13-1-2-14-12(9-13)10-22(18(14)26)15-3-4-16(24)19-17(15)25;1-13-9-5-12(6-10-13)11-14-7-3-2-4-8-14;1-3-5-4-2;1-3-2;2*1-2/h1-2,9,11,15H,3-8,10H2,(H,19,24,25);12H,2-11H2,1H3;3-5H,1H2,2H3;3H2,1-2H3;1-2H3;1-2H2/b;;5-4-;;;. The number of likely N-dealkylation sites (tertiary alicyclic amines) is 2. The highest BCUT2D eigenvalue weighted by molar-refractivity contribution is 6.05. The summed E-state index contributed by atoms with van der Waals surface area (Å²) in [5, 5.41) is 2.31. The second kappa shape index (κ2) is 26.9. The summed E-state index contributed by atoms with van der Waals surface area (Å²) in [5.74, 6) is 0.149. The van der Waals surface area contributed by atoms with Crippen LogP contribution >= 0.6 is 0 Å². The monoisotopic (exact) mass is 723 g/mol. The number of allylic oxidation sites excluding steroid dienone is 3. The van der Waals surface area contributed by atoms with Crippen molar-refractivity contribution >= 4 is 29.8 Å². The van der Waals surface area contributed by atoms with E-state index in [0.29, 0.717) is 31.6 Å². The number of carbonyl (C=O) groups is 4. The Balaban J connectivity index is 0.000000436. The van der Waals surface area contributed by atoms with Crippen molar-refractivity contribution in [2.75, 3.05) is 70.9 Å². The van der Waals surface area contributed by atoms with Crippen LogP contribution in [0, 0.1) is 5.92 Å². The highest BCUT2D eigenvalue weighted by Crippen LogP contribution is 2.31. The quantitative estimate of drug-likeness (QED) is 0.154. The zero-order valence-electron chi connectivity index (χ0n) is 33.4. The molecule has 5 aliphatic heterocycles. The van der Waals surface area contributed by atoms with E-state index < -0.39 is 11.9 Å². The number of carbonyl (C=O) groups excluding carboxylic acids is 4. The van der Waals surface area contributed by atoms with Gasteiger partial charge in [-0.15, -0.1) is 13.2 Å². The number of hydrogen-bond donors (Lipinski definition) is 1. The molecule has 52 heavy (non-hydrogen) atoms. The van der Waals surface area contributed by atoms with Crippen LogP contribution in [0.3, 0.4) is 0 Å². The fourth-order valence-electron chi connectivity index (χ4n) is 6.73. The summed E-state index contributed by atoms with van der Waals surface area (Å²) in [6, 6.07) is 5.13. The van der Waals surface area contributed by atoms with Gasteiger partial charge in [0.2, 0.25) is 18.2 Å². The van der Waals surface area contributed by atoms with E-state index in [2.05, 4.69) is 60.6 Å². The summed E-state index contributed by atoms with van der Waals surface area (Å²) in [6.07, 6.45) is 15.5. The maximum absolute atomic E-state index is 12.7. The van der Waals surface area contributed by atoms with Crippen LogP contribution in [-0.2, 0) is 20.9 Å². The van der Waals surface area contributed by atoms with Crippen molar-refractivity contribution in [3.05, 3.63) is 67.3 Å². The lowest BCUT2D eigenvalue weighted by Crippen LogP contribution is -2.52. The van der Waals surface area contributed by atoms with E-state index >= 15 is 0 Å². The topological polar surface area (TPSA) is 96.5 Å². The van der Waals surface area contributed by atoms with Gasteiger partial charge in [-0.2, -0.15) is 0 Å². The lowest BCUT2D eigenvalue weighted by Gasteiger charge is -2.34. The first-order valence-electron chi connectivity index (χ1n) is 19.6. The van der Waals surface area contributed by atoms with E-state index in [1.54, 1.807) is 15.9 Å². The number of hydrogen-bond acceptors (Lipinski definition) is 7. The van der Waals surface area contributed by atoms with Crippen LogP contribution < -0.4 is 10.2 Å². The molecule has 10 nitrogen and oxygen atoms in total. The number of imide groups is 1. The van der Waals surface area contributed by atoms with Crippen molar-refractivity contribution in [1.82, 2.24) is 24.9 Å². The molecule has 4 amide bonds. The van der Waals surface area contributed by atoms with Crippen LogP contribution in [0.25, 0.3) is 0 Å². The van der Waals surface area contributed by atoms with E-state index in [-0.39, 0.29) is 18.2 Å². The lowest BCUT2D eigenvalue weighted by molar-refractivity contribution is -0.137. The Morgan fingerprint density at radius 2 is 1.50 bits per heavy atom. The van der Waals surface area contributed by atoms with Gasteiger partial charge in [-0.1, -0.05) is 65.3 Å². The highest BCUT2D eigenvalue weighted by Gasteiger charge is 2.39. The van der Waals surface area contributed by atoms with Crippen LogP contribution in [-0.4, -0.2) is 116 Å². The van der Waals surface area contributed by atoms with Gasteiger partial charge in [-0.25, -0.2) is 0 Å². The van der Waals surface area contributed by atoms with Gasteiger partial charge >= 0.3 is 0 Å². The molecule has 5 aliphatic rings. The predicted octanol–water partition coefficient (Wildman–Crippen LogP) is 6.53. The average Bonchev–Trinajstić information content (AvgIpc) is 3.50. The third-order valence-corrected chi connectivity index (χ3v) is 9.47. The second-order valence-corrected chi connectivity index (χ2v) is 13.4. The molecule has 1 aromatic rings. The summed E-state index contributed by atoms with van der Waals surface area (Å²) in [4.78, 5) is 57.6. The smallest absolute Gasteiger partial charge is 0.255 e. The second-order valence-electron chi connectivity index (χ2n) is 13.4. The first-order chi connectivity index (χ1) is 25.2. The molecule has 0 aromatic heterocycles. The number of piperidine rings is 3. The fourth-order valence-corrected chi connectivity index (χ4v) is 6.73. The number of piperazine rings is 1. The molecule has 1 unspecified atom stereocenters. The molecule has 0 spiro atoms. The van der Waals surface area contributed by atoms with E-state index in [0.717, 1.165) is 36.7 Å².